The van der Waals surface area contributed by atoms with Gasteiger partial charge >= 0.3 is 0 Å². The van der Waals surface area contributed by atoms with Crippen molar-refractivity contribution in [3.63, 3.8) is 0 Å². The van der Waals surface area contributed by atoms with Crippen LogP contribution in [-0.4, -0.2) is 33.2 Å². The standard InChI is InChI=1S/C29H33FN4O2/c1-19(2)20-9-11-21(12-10-20)25-17-26-27(35)34(24-15-13-22(30)14-16-24)29(3,18-33(26)32-25)28(36)31-23-7-5-4-6-8-23/h9-17,19,23H,4-8,18H2,1-3H3,(H,31,36)/t29-/m0/s1. The van der Waals surface area contributed by atoms with Gasteiger partial charge in [0.2, 0.25) is 5.91 Å². The van der Waals surface area contributed by atoms with Crippen molar-refractivity contribution < 1.29 is 14.0 Å². The lowest BCUT2D eigenvalue weighted by Crippen LogP contribution is -2.65. The molecule has 2 heterocycles. The number of hydrogen-bond donors (Lipinski definition) is 1. The topological polar surface area (TPSA) is 67.2 Å². The van der Waals surface area contributed by atoms with Crippen molar-refractivity contribution in [2.75, 3.05) is 4.90 Å². The van der Waals surface area contributed by atoms with Crippen molar-refractivity contribution in [2.24, 2.45) is 0 Å². The van der Waals surface area contributed by atoms with Crippen LogP contribution < -0.4 is 10.2 Å². The highest BCUT2D eigenvalue weighted by Gasteiger charge is 2.49. The summed E-state index contributed by atoms with van der Waals surface area (Å²) in [5.74, 6) is -0.514. The average molecular weight is 489 g/mol. The number of halogens is 1. The Bertz CT molecular complexity index is 1260. The number of rotatable bonds is 5. The number of carbonyl (C=O) groups is 2. The summed E-state index contributed by atoms with van der Waals surface area (Å²) in [7, 11) is 0. The minimum atomic E-state index is -1.22. The third kappa shape index (κ3) is 4.43. The van der Waals surface area contributed by atoms with Gasteiger partial charge in [-0.3, -0.25) is 19.2 Å². The molecule has 2 aliphatic rings. The Kier molecular flexibility index (Phi) is 6.41. The first-order valence-corrected chi connectivity index (χ1v) is 12.9. The van der Waals surface area contributed by atoms with Crippen LogP contribution in [0.3, 0.4) is 0 Å². The van der Waals surface area contributed by atoms with Gasteiger partial charge < -0.3 is 5.32 Å². The van der Waals surface area contributed by atoms with Crippen LogP contribution in [-0.2, 0) is 11.3 Å². The minimum absolute atomic E-state index is 0.0993. The fourth-order valence-corrected chi connectivity index (χ4v) is 5.34. The summed E-state index contributed by atoms with van der Waals surface area (Å²) in [5.41, 5.74) is 2.50. The molecular formula is C29H33FN4O2. The molecule has 6 nitrogen and oxygen atoms in total. The highest BCUT2D eigenvalue weighted by atomic mass is 19.1. The van der Waals surface area contributed by atoms with Gasteiger partial charge in [-0.2, -0.15) is 5.10 Å². The lowest BCUT2D eigenvalue weighted by Gasteiger charge is -2.44. The summed E-state index contributed by atoms with van der Waals surface area (Å²) in [5, 5.41) is 7.94. The smallest absolute Gasteiger partial charge is 0.277 e. The van der Waals surface area contributed by atoms with Gasteiger partial charge in [0, 0.05) is 17.3 Å². The lowest BCUT2D eigenvalue weighted by atomic mass is 9.91. The molecule has 2 amide bonds. The Labute approximate surface area is 211 Å². The predicted molar refractivity (Wildman–Crippen MR) is 138 cm³/mol. The molecule has 7 heteroatoms. The number of aromatic nitrogens is 2. The Morgan fingerprint density at radius 3 is 2.36 bits per heavy atom. The van der Waals surface area contributed by atoms with Crippen LogP contribution in [0.2, 0.25) is 0 Å². The van der Waals surface area contributed by atoms with E-state index in [1.54, 1.807) is 29.8 Å². The summed E-state index contributed by atoms with van der Waals surface area (Å²) in [6.07, 6.45) is 5.24. The van der Waals surface area contributed by atoms with Crippen LogP contribution in [0, 0.1) is 5.82 Å². The molecule has 36 heavy (non-hydrogen) atoms. The molecule has 1 atom stereocenters. The zero-order valence-corrected chi connectivity index (χ0v) is 21.1. The number of nitrogens with zero attached hydrogens (tertiary/aromatic N) is 3. The van der Waals surface area contributed by atoms with E-state index in [2.05, 4.69) is 31.3 Å². The number of benzene rings is 2. The van der Waals surface area contributed by atoms with Gasteiger partial charge in [0.25, 0.3) is 5.91 Å². The highest BCUT2D eigenvalue weighted by molar-refractivity contribution is 6.12. The third-order valence-corrected chi connectivity index (χ3v) is 7.54. The molecule has 0 spiro atoms. The van der Waals surface area contributed by atoms with Crippen molar-refractivity contribution in [1.29, 1.82) is 0 Å². The van der Waals surface area contributed by atoms with E-state index in [1.807, 2.05) is 12.1 Å². The summed E-state index contributed by atoms with van der Waals surface area (Å²) < 4.78 is 15.4. The van der Waals surface area contributed by atoms with E-state index in [-0.39, 0.29) is 24.4 Å². The lowest BCUT2D eigenvalue weighted by molar-refractivity contribution is -0.127. The molecule has 3 aromatic rings. The Morgan fingerprint density at radius 2 is 1.72 bits per heavy atom. The van der Waals surface area contributed by atoms with Crippen molar-refractivity contribution in [2.45, 2.75) is 76.9 Å². The van der Waals surface area contributed by atoms with E-state index in [4.69, 9.17) is 5.10 Å². The maximum atomic E-state index is 13.9. The fourth-order valence-electron chi connectivity index (χ4n) is 5.34. The van der Waals surface area contributed by atoms with Crippen LogP contribution >= 0.6 is 0 Å². The molecule has 2 aromatic carbocycles. The molecule has 188 valence electrons. The van der Waals surface area contributed by atoms with E-state index >= 15 is 0 Å². The summed E-state index contributed by atoms with van der Waals surface area (Å²) in [4.78, 5) is 29.2. The normalized spacial score (nSPS) is 20.5. The van der Waals surface area contributed by atoms with Gasteiger partial charge in [-0.15, -0.1) is 0 Å². The molecule has 1 aliphatic carbocycles. The zero-order chi connectivity index (χ0) is 25.4. The second kappa shape index (κ2) is 9.52. The molecule has 5 rings (SSSR count). The van der Waals surface area contributed by atoms with Gasteiger partial charge in [0.05, 0.1) is 12.2 Å². The van der Waals surface area contributed by atoms with E-state index in [0.717, 1.165) is 31.2 Å². The van der Waals surface area contributed by atoms with Gasteiger partial charge in [-0.25, -0.2) is 4.39 Å². The van der Waals surface area contributed by atoms with E-state index < -0.39 is 11.4 Å². The molecule has 0 unspecified atom stereocenters. The van der Waals surface area contributed by atoms with Crippen molar-refractivity contribution in [3.05, 3.63) is 71.7 Å². The largest absolute Gasteiger partial charge is 0.351 e. The van der Waals surface area contributed by atoms with Crippen molar-refractivity contribution in [1.82, 2.24) is 15.1 Å². The maximum absolute atomic E-state index is 13.9. The first-order chi connectivity index (χ1) is 17.3. The van der Waals surface area contributed by atoms with E-state index in [1.165, 1.54) is 29.0 Å². The van der Waals surface area contributed by atoms with Crippen LogP contribution in [0.15, 0.2) is 54.6 Å². The minimum Gasteiger partial charge on any atom is -0.351 e. The van der Waals surface area contributed by atoms with Gasteiger partial charge in [-0.05, 0) is 61.6 Å². The summed E-state index contributed by atoms with van der Waals surface area (Å²) in [6.45, 7) is 6.26. The van der Waals surface area contributed by atoms with Crippen LogP contribution in [0.4, 0.5) is 10.1 Å². The molecule has 0 saturated heterocycles. The molecule has 1 fully saturated rings. The van der Waals surface area contributed by atoms with Crippen molar-refractivity contribution in [3.8, 4) is 11.3 Å². The molecule has 0 radical (unpaired) electrons. The summed E-state index contributed by atoms with van der Waals surface area (Å²) >= 11 is 0. The molecule has 0 bridgehead atoms. The van der Waals surface area contributed by atoms with Crippen LogP contribution in [0.5, 0.6) is 0 Å². The van der Waals surface area contributed by atoms with Crippen LogP contribution in [0.1, 0.15) is 74.8 Å². The SMILES string of the molecule is CC(C)c1ccc(-c2cc3n(n2)C[C@@](C)(C(=O)NC2CCCCC2)N(c2ccc(F)cc2)C3=O)cc1. The number of carbonyl (C=O) groups excluding carboxylic acids is 2. The Morgan fingerprint density at radius 1 is 1.06 bits per heavy atom. The molecular weight excluding hydrogens is 455 g/mol. The first-order valence-electron chi connectivity index (χ1n) is 12.9. The van der Waals surface area contributed by atoms with Gasteiger partial charge in [0.15, 0.2) is 0 Å². The number of anilines is 1. The second-order valence-corrected chi connectivity index (χ2v) is 10.5. The van der Waals surface area contributed by atoms with Crippen LogP contribution in [0.25, 0.3) is 11.3 Å². The average Bonchev–Trinajstić information content (AvgIpc) is 3.30. The predicted octanol–water partition coefficient (Wildman–Crippen LogP) is 5.68. The number of amides is 2. The number of hydrogen-bond acceptors (Lipinski definition) is 3. The summed E-state index contributed by atoms with van der Waals surface area (Å²) in [6, 6.07) is 15.8. The monoisotopic (exact) mass is 488 g/mol. The molecule has 1 N–H and O–H groups in total. The highest BCUT2D eigenvalue weighted by Crippen LogP contribution is 2.35. The Balaban J connectivity index is 1.53. The quantitative estimate of drug-likeness (QED) is 0.502. The van der Waals surface area contributed by atoms with E-state index in [9.17, 15) is 14.0 Å². The zero-order valence-electron chi connectivity index (χ0n) is 21.1. The molecule has 1 aliphatic heterocycles. The molecule has 1 aromatic heterocycles. The van der Waals surface area contributed by atoms with E-state index in [0.29, 0.717) is 23.0 Å². The third-order valence-electron chi connectivity index (χ3n) is 7.54. The second-order valence-electron chi connectivity index (χ2n) is 10.5. The maximum Gasteiger partial charge on any atom is 0.277 e. The van der Waals surface area contributed by atoms with Gasteiger partial charge in [-0.1, -0.05) is 57.4 Å². The number of fused-ring (bicyclic) bond motifs is 1. The Hall–Kier alpha value is -3.48. The number of nitrogens with one attached hydrogen (secondary N) is 1. The first kappa shape index (κ1) is 24.2. The van der Waals surface area contributed by atoms with Gasteiger partial charge in [0.1, 0.15) is 17.1 Å². The van der Waals surface area contributed by atoms with Crippen molar-refractivity contribution >= 4 is 17.5 Å². The molecule has 1 saturated carbocycles. The fraction of sp³-hybridized carbons (Fsp3) is 0.414.